The van der Waals surface area contributed by atoms with Crippen molar-refractivity contribution in [3.05, 3.63) is 0 Å². The van der Waals surface area contributed by atoms with Crippen molar-refractivity contribution in [2.24, 2.45) is 11.8 Å². The molecule has 0 radical (unpaired) electrons. The van der Waals surface area contributed by atoms with Gasteiger partial charge in [0.15, 0.2) is 17.7 Å². The predicted octanol–water partition coefficient (Wildman–Crippen LogP) is 2.42. The van der Waals surface area contributed by atoms with Gasteiger partial charge in [0.25, 0.3) is 0 Å². The predicted molar refractivity (Wildman–Crippen MR) is 179 cm³/mol. The van der Waals surface area contributed by atoms with Crippen LogP contribution in [0.25, 0.3) is 0 Å². The summed E-state index contributed by atoms with van der Waals surface area (Å²) in [5, 5.41) is 14.5. The standard InChI is InChI=1S/C35H62N4O9/c1-12-26-35(6)29(36-33(43)48-35)22(4)38(9)17-13-16-34(5,44-11)30(20(2)27(40)21(3)31(42)46-26)47-32-28(41)25(37(7)8)18-24(45-32)19-39(10)23-14-15-23/h20-26,28-30,32,41H,12-19H2,1-11H3,(H,36,43)/t20-,21?,22+,24?,25?,26+,28?,29+,30+,32?,34+,35+/m0/s1. The maximum atomic E-state index is 14.2. The highest BCUT2D eigenvalue weighted by atomic mass is 16.7. The number of aliphatic hydroxyl groups excluding tert-OH is 1. The van der Waals surface area contributed by atoms with E-state index >= 15 is 0 Å². The van der Waals surface area contributed by atoms with Gasteiger partial charge >= 0.3 is 12.1 Å². The summed E-state index contributed by atoms with van der Waals surface area (Å²) in [5.74, 6) is -3.02. The number of fused-ring (bicyclic) bond motifs is 1. The fraction of sp³-hybridized carbons (Fsp3) is 0.914. The number of carbonyl (C=O) groups excluding carboxylic acids is 3. The van der Waals surface area contributed by atoms with Crippen molar-refractivity contribution >= 4 is 17.8 Å². The maximum Gasteiger partial charge on any atom is 0.408 e. The zero-order valence-electron chi connectivity index (χ0n) is 31.1. The molecule has 0 aromatic rings. The Morgan fingerprint density at radius 2 is 1.77 bits per heavy atom. The smallest absolute Gasteiger partial charge is 0.408 e. The van der Waals surface area contributed by atoms with Crippen LogP contribution >= 0.6 is 0 Å². The van der Waals surface area contributed by atoms with Gasteiger partial charge in [0.05, 0.1) is 23.9 Å². The fourth-order valence-electron chi connectivity index (χ4n) is 8.02. The number of esters is 1. The number of hydrogen-bond acceptors (Lipinski definition) is 12. The number of ketones is 1. The molecular formula is C35H62N4O9. The molecule has 2 N–H and O–H groups in total. The molecule has 1 aliphatic carbocycles. The van der Waals surface area contributed by atoms with Crippen molar-refractivity contribution in [2.45, 2.75) is 146 Å². The molecule has 1 amide bonds. The van der Waals surface area contributed by atoms with Crippen molar-refractivity contribution < 1.29 is 43.2 Å². The average molecular weight is 683 g/mol. The largest absolute Gasteiger partial charge is 0.458 e. The Morgan fingerprint density at radius 3 is 2.35 bits per heavy atom. The summed E-state index contributed by atoms with van der Waals surface area (Å²) in [4.78, 5) is 46.9. The Labute approximate surface area is 287 Å². The summed E-state index contributed by atoms with van der Waals surface area (Å²) in [6.45, 7) is 12.2. The number of Topliss-reactive ketones (excluding diaryl/α,β-unsaturated/α-hetero) is 1. The topological polar surface area (TPSA) is 139 Å². The molecule has 12 atom stereocenters. The molecule has 4 aliphatic rings. The lowest BCUT2D eigenvalue weighted by Gasteiger charge is -2.47. The molecule has 13 heteroatoms. The molecular weight excluding hydrogens is 620 g/mol. The molecule has 13 nitrogen and oxygen atoms in total. The highest BCUT2D eigenvalue weighted by Gasteiger charge is 2.56. The fourth-order valence-corrected chi connectivity index (χ4v) is 8.02. The number of aliphatic hydroxyl groups is 1. The number of nitrogens with zero attached hydrogens (tertiary/aromatic N) is 3. The number of cyclic esters (lactones) is 1. The molecule has 5 unspecified atom stereocenters. The Kier molecular flexibility index (Phi) is 12.6. The number of methoxy groups -OCH3 is 1. The van der Waals surface area contributed by atoms with E-state index in [4.69, 9.17) is 23.7 Å². The van der Waals surface area contributed by atoms with Crippen LogP contribution in [0, 0.1) is 11.8 Å². The molecule has 48 heavy (non-hydrogen) atoms. The second kappa shape index (κ2) is 15.6. The molecule has 3 saturated heterocycles. The lowest BCUT2D eigenvalue weighted by molar-refractivity contribution is -0.298. The van der Waals surface area contributed by atoms with E-state index in [0.717, 1.165) is 0 Å². The normalized spacial score (nSPS) is 42.5. The van der Waals surface area contributed by atoms with Gasteiger partial charge in [-0.1, -0.05) is 13.8 Å². The molecule has 1 saturated carbocycles. The van der Waals surface area contributed by atoms with Gasteiger partial charge in [-0.2, -0.15) is 0 Å². The first-order valence-electron chi connectivity index (χ1n) is 17.8. The zero-order chi connectivity index (χ0) is 35.7. The quantitative estimate of drug-likeness (QED) is 0.287. The van der Waals surface area contributed by atoms with E-state index in [-0.39, 0.29) is 24.0 Å². The van der Waals surface area contributed by atoms with E-state index in [1.807, 2.05) is 46.8 Å². The molecule has 0 aromatic heterocycles. The van der Waals surface area contributed by atoms with Crippen molar-refractivity contribution in [1.82, 2.24) is 20.0 Å². The van der Waals surface area contributed by atoms with E-state index in [0.29, 0.717) is 44.8 Å². The van der Waals surface area contributed by atoms with E-state index in [1.165, 1.54) is 12.8 Å². The van der Waals surface area contributed by atoms with Crippen LogP contribution in [-0.2, 0) is 33.3 Å². The molecule has 276 valence electrons. The summed E-state index contributed by atoms with van der Waals surface area (Å²) in [7, 11) is 9.56. The third-order valence-corrected chi connectivity index (χ3v) is 11.7. The van der Waals surface area contributed by atoms with E-state index in [9.17, 15) is 19.5 Å². The second-order valence-electron chi connectivity index (χ2n) is 15.4. The molecule has 0 spiro atoms. The Bertz CT molecular complexity index is 1140. The van der Waals surface area contributed by atoms with Gasteiger partial charge in [0, 0.05) is 37.7 Å². The van der Waals surface area contributed by atoms with Crippen molar-refractivity contribution in [1.29, 1.82) is 0 Å². The SMILES string of the molecule is CC[C@H]1OC(=O)C(C)C(=O)[C@H](C)[C@@H](OC2OC(CN(C)C3CC3)CC(N(C)C)C2O)[C@](C)(OC)CCCN(C)[C@H](C)[C@H]2NC(=O)O[C@@]21C. The lowest BCUT2D eigenvalue weighted by Crippen LogP contribution is -2.60. The minimum atomic E-state index is -1.14. The third-order valence-electron chi connectivity index (χ3n) is 11.7. The number of ether oxygens (including phenoxy) is 5. The number of likely N-dealkylation sites (N-methyl/N-ethyl adjacent to an activating group) is 3. The zero-order valence-corrected chi connectivity index (χ0v) is 31.1. The van der Waals surface area contributed by atoms with Crippen LogP contribution in [0.1, 0.15) is 80.1 Å². The minimum Gasteiger partial charge on any atom is -0.458 e. The molecule has 3 aliphatic heterocycles. The Balaban J connectivity index is 1.67. The second-order valence-corrected chi connectivity index (χ2v) is 15.4. The van der Waals surface area contributed by atoms with E-state index in [1.54, 1.807) is 27.9 Å². The summed E-state index contributed by atoms with van der Waals surface area (Å²) < 4.78 is 31.2. The van der Waals surface area contributed by atoms with Crippen LogP contribution in [0.4, 0.5) is 4.79 Å². The number of hydrogen-bond donors (Lipinski definition) is 2. The van der Waals surface area contributed by atoms with Crippen LogP contribution in [0.2, 0.25) is 0 Å². The summed E-state index contributed by atoms with van der Waals surface area (Å²) in [6, 6.07) is -0.302. The van der Waals surface area contributed by atoms with Crippen molar-refractivity contribution in [2.75, 3.05) is 48.4 Å². The Morgan fingerprint density at radius 1 is 1.10 bits per heavy atom. The van der Waals surface area contributed by atoms with Gasteiger partial charge in [0.2, 0.25) is 0 Å². The van der Waals surface area contributed by atoms with E-state index < -0.39 is 65.7 Å². The van der Waals surface area contributed by atoms with Crippen LogP contribution < -0.4 is 5.32 Å². The van der Waals surface area contributed by atoms with Crippen LogP contribution in [-0.4, -0.2) is 152 Å². The van der Waals surface area contributed by atoms with Crippen LogP contribution in [0.5, 0.6) is 0 Å². The first-order valence-corrected chi connectivity index (χ1v) is 17.8. The maximum absolute atomic E-state index is 14.2. The van der Waals surface area contributed by atoms with Crippen LogP contribution in [0.15, 0.2) is 0 Å². The number of alkyl carbamates (subject to hydrolysis) is 1. The van der Waals surface area contributed by atoms with Gasteiger partial charge in [-0.15, -0.1) is 0 Å². The van der Waals surface area contributed by atoms with Gasteiger partial charge in [-0.05, 0) is 101 Å². The van der Waals surface area contributed by atoms with Crippen molar-refractivity contribution in [3.63, 3.8) is 0 Å². The molecule has 4 fully saturated rings. The van der Waals surface area contributed by atoms with E-state index in [2.05, 4.69) is 22.2 Å². The highest BCUT2D eigenvalue weighted by Crippen LogP contribution is 2.38. The van der Waals surface area contributed by atoms with Gasteiger partial charge in [-0.25, -0.2) is 4.79 Å². The Hall–Kier alpha value is -1.87. The van der Waals surface area contributed by atoms with Gasteiger partial charge in [0.1, 0.15) is 18.1 Å². The van der Waals surface area contributed by atoms with Gasteiger partial charge in [-0.3, -0.25) is 9.59 Å². The number of rotatable bonds is 8. The summed E-state index contributed by atoms with van der Waals surface area (Å²) in [6.07, 6.45) is 0.179. The monoisotopic (exact) mass is 682 g/mol. The molecule has 3 heterocycles. The average Bonchev–Trinajstić information content (AvgIpc) is 3.85. The van der Waals surface area contributed by atoms with Gasteiger partial charge < -0.3 is 48.8 Å². The number of nitrogens with one attached hydrogen (secondary N) is 1. The first-order chi connectivity index (χ1) is 22.5. The lowest BCUT2D eigenvalue weighted by atomic mass is 9.80. The minimum absolute atomic E-state index is 0.169. The number of amides is 1. The summed E-state index contributed by atoms with van der Waals surface area (Å²) >= 11 is 0. The first kappa shape index (κ1) is 38.9. The number of carbonyl (C=O) groups is 3. The molecule has 4 rings (SSSR count). The molecule has 0 aromatic carbocycles. The highest BCUT2D eigenvalue weighted by molar-refractivity contribution is 6.00. The van der Waals surface area contributed by atoms with Crippen LogP contribution in [0.3, 0.4) is 0 Å². The van der Waals surface area contributed by atoms with Crippen molar-refractivity contribution in [3.8, 4) is 0 Å². The molecule has 0 bridgehead atoms. The third kappa shape index (κ3) is 8.19. The summed E-state index contributed by atoms with van der Waals surface area (Å²) in [5.41, 5.74) is -2.12.